The standard InChI is InChI=1S/C23H42FNO2Si2/c1-22(2,3)28(7,8)26-14-11-12-19(20-16-21(24)18-25-17-20)13-15-27-29(9,10)23(4,5)6/h12,16-18H,11,13-15H2,1-10H3/b19-12+. The Morgan fingerprint density at radius 1 is 0.931 bits per heavy atom. The molecule has 6 heteroatoms. The van der Waals surface area contributed by atoms with Crippen molar-refractivity contribution in [2.45, 2.75) is 90.6 Å². The van der Waals surface area contributed by atoms with Gasteiger partial charge >= 0.3 is 0 Å². The first-order valence-electron chi connectivity index (χ1n) is 10.6. The molecular formula is C23H42FNO2Si2. The van der Waals surface area contributed by atoms with Gasteiger partial charge in [-0.25, -0.2) is 4.39 Å². The lowest BCUT2D eigenvalue weighted by atomic mass is 10.0. The van der Waals surface area contributed by atoms with E-state index in [4.69, 9.17) is 8.85 Å². The van der Waals surface area contributed by atoms with Crippen LogP contribution < -0.4 is 0 Å². The number of halogens is 1. The summed E-state index contributed by atoms with van der Waals surface area (Å²) in [5.41, 5.74) is 1.91. The second-order valence-corrected chi connectivity index (χ2v) is 20.5. The molecule has 0 saturated carbocycles. The first-order chi connectivity index (χ1) is 13.1. The van der Waals surface area contributed by atoms with Crippen molar-refractivity contribution >= 4 is 22.2 Å². The van der Waals surface area contributed by atoms with Gasteiger partial charge in [-0.2, -0.15) is 0 Å². The molecule has 0 bridgehead atoms. The lowest BCUT2D eigenvalue weighted by molar-refractivity contribution is 0.292. The zero-order chi connectivity index (χ0) is 22.5. The predicted octanol–water partition coefficient (Wildman–Crippen LogP) is 7.43. The third-order valence-electron chi connectivity index (χ3n) is 6.49. The lowest BCUT2D eigenvalue weighted by Gasteiger charge is -2.36. The maximum absolute atomic E-state index is 13.7. The van der Waals surface area contributed by atoms with Crippen LogP contribution in [0.3, 0.4) is 0 Å². The first-order valence-corrected chi connectivity index (χ1v) is 16.5. The summed E-state index contributed by atoms with van der Waals surface area (Å²) in [6.07, 6.45) is 6.69. The van der Waals surface area contributed by atoms with Crippen molar-refractivity contribution in [3.05, 3.63) is 35.9 Å². The Balaban J connectivity index is 2.84. The molecule has 0 spiro atoms. The molecule has 0 fully saturated rings. The van der Waals surface area contributed by atoms with Gasteiger partial charge in [-0.05, 0) is 66.3 Å². The van der Waals surface area contributed by atoms with Gasteiger partial charge in [0, 0.05) is 19.4 Å². The van der Waals surface area contributed by atoms with E-state index < -0.39 is 16.6 Å². The second-order valence-electron chi connectivity index (χ2n) is 10.9. The third-order valence-corrected chi connectivity index (χ3v) is 15.6. The second kappa shape index (κ2) is 9.99. The Morgan fingerprint density at radius 2 is 1.45 bits per heavy atom. The van der Waals surface area contributed by atoms with Crippen molar-refractivity contribution < 1.29 is 13.2 Å². The largest absolute Gasteiger partial charge is 0.417 e. The molecule has 3 nitrogen and oxygen atoms in total. The van der Waals surface area contributed by atoms with Crippen molar-refractivity contribution in [1.29, 1.82) is 0 Å². The van der Waals surface area contributed by atoms with E-state index in [2.05, 4.69) is 78.8 Å². The van der Waals surface area contributed by atoms with E-state index in [1.807, 2.05) is 0 Å². The minimum absolute atomic E-state index is 0.175. The van der Waals surface area contributed by atoms with Crippen molar-refractivity contribution in [2.75, 3.05) is 13.2 Å². The highest BCUT2D eigenvalue weighted by Gasteiger charge is 2.37. The van der Waals surface area contributed by atoms with Gasteiger partial charge in [0.05, 0.1) is 6.20 Å². The molecule has 0 aliphatic heterocycles. The van der Waals surface area contributed by atoms with Crippen LogP contribution in [0.25, 0.3) is 5.57 Å². The highest BCUT2D eigenvalue weighted by Crippen LogP contribution is 2.37. The molecule has 1 rings (SSSR count). The number of pyridine rings is 1. The summed E-state index contributed by atoms with van der Waals surface area (Å²) in [6, 6.07) is 1.56. The van der Waals surface area contributed by atoms with Crippen molar-refractivity contribution in [3.8, 4) is 0 Å². The summed E-state index contributed by atoms with van der Waals surface area (Å²) in [7, 11) is -3.56. The normalized spacial score (nSPS) is 14.4. The molecule has 0 aromatic carbocycles. The molecule has 0 amide bonds. The van der Waals surface area contributed by atoms with Crippen LogP contribution in [0.4, 0.5) is 4.39 Å². The van der Waals surface area contributed by atoms with E-state index in [0.717, 1.165) is 24.0 Å². The Kier molecular flexibility index (Phi) is 9.03. The molecule has 1 aromatic heterocycles. The summed E-state index contributed by atoms with van der Waals surface area (Å²) < 4.78 is 26.4. The first kappa shape index (κ1) is 26.2. The summed E-state index contributed by atoms with van der Waals surface area (Å²) >= 11 is 0. The van der Waals surface area contributed by atoms with Crippen LogP contribution in [0.2, 0.25) is 36.3 Å². The van der Waals surface area contributed by atoms with Gasteiger partial charge in [0.1, 0.15) is 5.82 Å². The minimum atomic E-state index is -1.80. The fourth-order valence-electron chi connectivity index (χ4n) is 2.35. The topological polar surface area (TPSA) is 31.4 Å². The monoisotopic (exact) mass is 439 g/mol. The van der Waals surface area contributed by atoms with Crippen LogP contribution in [-0.2, 0) is 8.85 Å². The average Bonchev–Trinajstić information content (AvgIpc) is 2.54. The van der Waals surface area contributed by atoms with Crippen LogP contribution >= 0.6 is 0 Å². The van der Waals surface area contributed by atoms with Gasteiger partial charge in [-0.15, -0.1) is 0 Å². The van der Waals surface area contributed by atoms with E-state index in [-0.39, 0.29) is 15.9 Å². The minimum Gasteiger partial charge on any atom is -0.417 e. The molecule has 1 heterocycles. The Labute approximate surface area is 180 Å². The highest BCUT2D eigenvalue weighted by molar-refractivity contribution is 6.74. The molecular weight excluding hydrogens is 397 g/mol. The van der Waals surface area contributed by atoms with Crippen LogP contribution in [-0.4, -0.2) is 34.8 Å². The molecule has 0 radical (unpaired) electrons. The van der Waals surface area contributed by atoms with Gasteiger partial charge in [-0.1, -0.05) is 47.6 Å². The highest BCUT2D eigenvalue weighted by atomic mass is 28.4. The fourth-order valence-corrected chi connectivity index (χ4v) is 4.45. The zero-order valence-corrected chi connectivity index (χ0v) is 22.3. The van der Waals surface area contributed by atoms with E-state index in [1.165, 1.54) is 6.20 Å². The molecule has 0 aliphatic rings. The van der Waals surface area contributed by atoms with Crippen LogP contribution in [0.15, 0.2) is 24.5 Å². The smallest absolute Gasteiger partial charge is 0.191 e. The van der Waals surface area contributed by atoms with E-state index in [0.29, 0.717) is 13.2 Å². The summed E-state index contributed by atoms with van der Waals surface area (Å²) in [5, 5.41) is 0.372. The molecule has 0 atom stereocenters. The van der Waals surface area contributed by atoms with Crippen molar-refractivity contribution in [3.63, 3.8) is 0 Å². The maximum atomic E-state index is 13.7. The molecule has 0 N–H and O–H groups in total. The summed E-state index contributed by atoms with van der Waals surface area (Å²) in [4.78, 5) is 4.03. The Bertz CT molecular complexity index is 689. The van der Waals surface area contributed by atoms with Crippen LogP contribution in [0.5, 0.6) is 0 Å². The molecule has 29 heavy (non-hydrogen) atoms. The quantitative estimate of drug-likeness (QED) is 0.296. The van der Waals surface area contributed by atoms with Crippen LogP contribution in [0, 0.1) is 5.82 Å². The maximum Gasteiger partial charge on any atom is 0.191 e. The Morgan fingerprint density at radius 3 is 1.93 bits per heavy atom. The zero-order valence-electron chi connectivity index (χ0n) is 20.3. The third kappa shape index (κ3) is 8.08. The van der Waals surface area contributed by atoms with Gasteiger partial charge in [-0.3, -0.25) is 4.98 Å². The number of hydrogen-bond donors (Lipinski definition) is 0. The van der Waals surface area contributed by atoms with Crippen molar-refractivity contribution in [1.82, 2.24) is 4.98 Å². The molecule has 0 saturated heterocycles. The fraction of sp³-hybridized carbons (Fsp3) is 0.696. The summed E-state index contributed by atoms with van der Waals surface area (Å²) in [6.45, 7) is 23.8. The average molecular weight is 440 g/mol. The Hall–Kier alpha value is -0.826. The number of rotatable bonds is 9. The van der Waals surface area contributed by atoms with E-state index >= 15 is 0 Å². The van der Waals surface area contributed by atoms with Crippen LogP contribution in [0.1, 0.15) is 59.9 Å². The number of nitrogens with zero attached hydrogens (tertiary/aromatic N) is 1. The van der Waals surface area contributed by atoms with Gasteiger partial charge < -0.3 is 8.85 Å². The van der Waals surface area contributed by atoms with Gasteiger partial charge in [0.2, 0.25) is 0 Å². The van der Waals surface area contributed by atoms with Gasteiger partial charge in [0.25, 0.3) is 0 Å². The number of hydrogen-bond acceptors (Lipinski definition) is 3. The van der Waals surface area contributed by atoms with E-state index in [1.54, 1.807) is 12.3 Å². The SMILES string of the molecule is CC(C)(C)[Si](C)(C)OCC/C=C(\CCO[Si](C)(C)C(C)(C)C)c1cncc(F)c1. The molecule has 1 aromatic rings. The van der Waals surface area contributed by atoms with E-state index in [9.17, 15) is 4.39 Å². The van der Waals surface area contributed by atoms with Crippen molar-refractivity contribution in [2.24, 2.45) is 0 Å². The van der Waals surface area contributed by atoms with Gasteiger partial charge in [0.15, 0.2) is 16.6 Å². The predicted molar refractivity (Wildman–Crippen MR) is 128 cm³/mol. The molecule has 0 unspecified atom stereocenters. The molecule has 0 aliphatic carbocycles. The summed E-state index contributed by atoms with van der Waals surface area (Å²) in [5.74, 6) is -0.309. The molecule has 166 valence electrons. The number of aromatic nitrogens is 1. The lowest BCUT2D eigenvalue weighted by Crippen LogP contribution is -2.41.